The monoisotopic (exact) mass is 431 g/mol. The number of hydrogen-bond acceptors (Lipinski definition) is 7. The zero-order chi connectivity index (χ0) is 20.6. The number of pyridine rings is 1. The Balaban J connectivity index is 1.37. The quantitative estimate of drug-likeness (QED) is 0.734. The summed E-state index contributed by atoms with van der Waals surface area (Å²) in [5.41, 5.74) is 1.16. The van der Waals surface area contributed by atoms with Gasteiger partial charge < -0.3 is 19.1 Å². The number of aromatic nitrogens is 1. The van der Waals surface area contributed by atoms with Crippen LogP contribution in [0.25, 0.3) is 0 Å². The largest absolute Gasteiger partial charge is 0.486 e. The van der Waals surface area contributed by atoms with Crippen molar-refractivity contribution in [3.8, 4) is 11.5 Å². The van der Waals surface area contributed by atoms with Crippen LogP contribution in [0.1, 0.15) is 24.4 Å². The molecular formula is C21H25N3O5S. The molecule has 2 fully saturated rings. The molecule has 0 spiro atoms. The lowest BCUT2D eigenvalue weighted by Gasteiger charge is -2.28. The molecule has 160 valence electrons. The molecule has 1 atom stereocenters. The summed E-state index contributed by atoms with van der Waals surface area (Å²) in [6.07, 6.45) is 3.53. The normalized spacial score (nSPS) is 22.3. The minimum absolute atomic E-state index is 0.176. The molecule has 2 saturated heterocycles. The van der Waals surface area contributed by atoms with E-state index in [-0.39, 0.29) is 10.9 Å². The van der Waals surface area contributed by atoms with Gasteiger partial charge in [0.05, 0.1) is 19.3 Å². The van der Waals surface area contributed by atoms with Crippen LogP contribution < -0.4 is 14.4 Å². The summed E-state index contributed by atoms with van der Waals surface area (Å²) in [6, 6.07) is 9.74. The molecule has 0 unspecified atom stereocenters. The molecule has 0 saturated carbocycles. The van der Waals surface area contributed by atoms with Crippen molar-refractivity contribution in [3.63, 3.8) is 0 Å². The van der Waals surface area contributed by atoms with Gasteiger partial charge >= 0.3 is 0 Å². The van der Waals surface area contributed by atoms with E-state index in [2.05, 4.69) is 22.0 Å². The maximum absolute atomic E-state index is 12.8. The first kappa shape index (κ1) is 19.6. The summed E-state index contributed by atoms with van der Waals surface area (Å²) in [7, 11) is -3.54. The highest BCUT2D eigenvalue weighted by Crippen LogP contribution is 2.39. The highest BCUT2D eigenvalue weighted by molar-refractivity contribution is 7.89. The fourth-order valence-corrected chi connectivity index (χ4v) is 5.64. The van der Waals surface area contributed by atoms with Gasteiger partial charge in [-0.1, -0.05) is 6.07 Å². The Bertz CT molecular complexity index is 1010. The van der Waals surface area contributed by atoms with Gasteiger partial charge in [0, 0.05) is 25.8 Å². The van der Waals surface area contributed by atoms with E-state index in [0.29, 0.717) is 39.5 Å². The summed E-state index contributed by atoms with van der Waals surface area (Å²) in [6.45, 7) is 3.62. The van der Waals surface area contributed by atoms with Crippen molar-refractivity contribution in [2.45, 2.75) is 23.8 Å². The van der Waals surface area contributed by atoms with Crippen molar-refractivity contribution < 1.29 is 22.6 Å². The van der Waals surface area contributed by atoms with Crippen molar-refractivity contribution in [2.24, 2.45) is 0 Å². The van der Waals surface area contributed by atoms with E-state index >= 15 is 0 Å². The van der Waals surface area contributed by atoms with Crippen LogP contribution in [0.4, 0.5) is 5.82 Å². The van der Waals surface area contributed by atoms with Crippen LogP contribution in [0.3, 0.4) is 0 Å². The molecule has 9 heteroatoms. The van der Waals surface area contributed by atoms with Gasteiger partial charge in [0.15, 0.2) is 11.5 Å². The lowest BCUT2D eigenvalue weighted by molar-refractivity contribution is 0.0730. The molecule has 0 N–H and O–H groups in total. The first-order chi connectivity index (χ1) is 14.6. The third kappa shape index (κ3) is 3.61. The third-order valence-corrected chi connectivity index (χ3v) is 7.71. The number of ether oxygens (including phenoxy) is 3. The highest BCUT2D eigenvalue weighted by Gasteiger charge is 2.30. The van der Waals surface area contributed by atoms with Crippen molar-refractivity contribution in [1.82, 2.24) is 9.29 Å². The third-order valence-electron chi connectivity index (χ3n) is 5.83. The van der Waals surface area contributed by atoms with Gasteiger partial charge in [0.25, 0.3) is 0 Å². The van der Waals surface area contributed by atoms with Gasteiger partial charge in [-0.2, -0.15) is 4.31 Å². The van der Waals surface area contributed by atoms with Crippen LogP contribution in [0.5, 0.6) is 11.5 Å². The Morgan fingerprint density at radius 2 is 1.73 bits per heavy atom. The summed E-state index contributed by atoms with van der Waals surface area (Å²) < 4.78 is 43.8. The summed E-state index contributed by atoms with van der Waals surface area (Å²) >= 11 is 0. The average Bonchev–Trinajstić information content (AvgIpc) is 3.29. The zero-order valence-corrected chi connectivity index (χ0v) is 17.5. The molecule has 3 aliphatic heterocycles. The molecule has 0 amide bonds. The molecule has 5 rings (SSSR count). The number of sulfonamides is 1. The number of benzene rings is 1. The Morgan fingerprint density at radius 3 is 2.50 bits per heavy atom. The molecule has 0 bridgehead atoms. The number of morpholine rings is 1. The van der Waals surface area contributed by atoms with Gasteiger partial charge in [-0.25, -0.2) is 13.4 Å². The first-order valence-electron chi connectivity index (χ1n) is 10.3. The van der Waals surface area contributed by atoms with Crippen LogP contribution in [-0.2, 0) is 14.8 Å². The first-order valence-corrected chi connectivity index (χ1v) is 11.8. The number of anilines is 1. The van der Waals surface area contributed by atoms with Gasteiger partial charge in [-0.15, -0.1) is 0 Å². The summed E-state index contributed by atoms with van der Waals surface area (Å²) in [5, 5.41) is 0. The lowest BCUT2D eigenvalue weighted by atomic mass is 10.0. The molecular weight excluding hydrogens is 406 g/mol. The second-order valence-corrected chi connectivity index (χ2v) is 9.56. The van der Waals surface area contributed by atoms with Gasteiger partial charge in [0.2, 0.25) is 10.0 Å². The SMILES string of the molecule is O=S(=O)(c1ccc(N2CCC[C@H]2c2ccc3c(c2)OCCO3)nc1)N1CCOCC1. The summed E-state index contributed by atoms with van der Waals surface area (Å²) in [4.78, 5) is 6.98. The molecule has 1 aromatic carbocycles. The van der Waals surface area contributed by atoms with Crippen LogP contribution in [-0.4, -0.2) is 63.8 Å². The number of hydrogen-bond donors (Lipinski definition) is 0. The number of nitrogens with zero attached hydrogens (tertiary/aromatic N) is 3. The fraction of sp³-hybridized carbons (Fsp3) is 0.476. The summed E-state index contributed by atoms with van der Waals surface area (Å²) in [5.74, 6) is 2.35. The van der Waals surface area contributed by atoms with E-state index in [1.165, 1.54) is 10.5 Å². The van der Waals surface area contributed by atoms with Crippen LogP contribution >= 0.6 is 0 Å². The van der Waals surface area contributed by atoms with Crippen molar-refractivity contribution in [2.75, 3.05) is 51.0 Å². The topological polar surface area (TPSA) is 81.2 Å². The Morgan fingerprint density at radius 1 is 0.933 bits per heavy atom. The van der Waals surface area contributed by atoms with Crippen LogP contribution in [0, 0.1) is 0 Å². The van der Waals surface area contributed by atoms with Crippen LogP contribution in [0.2, 0.25) is 0 Å². The Labute approximate surface area is 176 Å². The predicted molar refractivity (Wildman–Crippen MR) is 111 cm³/mol. The van der Waals surface area contributed by atoms with E-state index in [1.54, 1.807) is 6.07 Å². The van der Waals surface area contributed by atoms with E-state index in [9.17, 15) is 8.42 Å². The molecule has 2 aromatic rings. The van der Waals surface area contributed by atoms with E-state index in [4.69, 9.17) is 14.2 Å². The molecule has 1 aromatic heterocycles. The molecule has 0 aliphatic carbocycles. The second kappa shape index (κ2) is 8.05. The van der Waals surface area contributed by atoms with Gasteiger partial charge in [-0.3, -0.25) is 0 Å². The van der Waals surface area contributed by atoms with Crippen molar-refractivity contribution >= 4 is 15.8 Å². The predicted octanol–water partition coefficient (Wildman–Crippen LogP) is 2.22. The Kier molecular flexibility index (Phi) is 5.26. The lowest BCUT2D eigenvalue weighted by Crippen LogP contribution is -2.40. The molecule has 8 nitrogen and oxygen atoms in total. The van der Waals surface area contributed by atoms with E-state index in [1.807, 2.05) is 12.1 Å². The second-order valence-electron chi connectivity index (χ2n) is 7.62. The van der Waals surface area contributed by atoms with Crippen LogP contribution in [0.15, 0.2) is 41.4 Å². The molecule has 4 heterocycles. The minimum Gasteiger partial charge on any atom is -0.486 e. The van der Waals surface area contributed by atoms with Gasteiger partial charge in [-0.05, 0) is 42.7 Å². The van der Waals surface area contributed by atoms with Crippen molar-refractivity contribution in [1.29, 1.82) is 0 Å². The average molecular weight is 432 g/mol. The molecule has 30 heavy (non-hydrogen) atoms. The standard InChI is InChI=1S/C21H25N3O5S/c25-30(26,23-8-10-27-11-9-23)17-4-6-21(22-15-17)24-7-1-2-18(24)16-3-5-19-20(14-16)29-13-12-28-19/h3-6,14-15,18H,1-2,7-13H2/t18-/m0/s1. The number of fused-ring (bicyclic) bond motifs is 1. The van der Waals surface area contributed by atoms with Crippen molar-refractivity contribution in [3.05, 3.63) is 42.1 Å². The minimum atomic E-state index is -3.54. The van der Waals surface area contributed by atoms with Gasteiger partial charge in [0.1, 0.15) is 23.9 Å². The smallest absolute Gasteiger partial charge is 0.244 e. The zero-order valence-electron chi connectivity index (χ0n) is 16.7. The Hall–Kier alpha value is -2.36. The number of rotatable bonds is 4. The van der Waals surface area contributed by atoms with E-state index in [0.717, 1.165) is 42.3 Å². The fourth-order valence-electron chi connectivity index (χ4n) is 4.29. The molecule has 0 radical (unpaired) electrons. The van der Waals surface area contributed by atoms with E-state index < -0.39 is 10.0 Å². The highest BCUT2D eigenvalue weighted by atomic mass is 32.2. The maximum atomic E-state index is 12.8. The maximum Gasteiger partial charge on any atom is 0.244 e. The molecule has 3 aliphatic rings.